The van der Waals surface area contributed by atoms with Crippen LogP contribution in [0.3, 0.4) is 0 Å². The van der Waals surface area contributed by atoms with Gasteiger partial charge in [-0.25, -0.2) is 0 Å². The highest BCUT2D eigenvalue weighted by Crippen LogP contribution is 2.04. The highest BCUT2D eigenvalue weighted by Gasteiger charge is 1.85. The molecule has 0 aliphatic carbocycles. The Bertz CT molecular complexity index is 182. The number of aliphatic hydroxyl groups is 1. The average molecular weight is 238 g/mol. The monoisotopic (exact) mass is 238 g/mol. The zero-order valence-corrected chi connectivity index (χ0v) is 11.5. The third kappa shape index (κ3) is 15.4. The van der Waals surface area contributed by atoms with E-state index in [-0.39, 0.29) is 0 Å². The standard InChI is InChI=1S/C16H30O/c1-2-3-4-5-6-7-8-9-10-11-12-13-14-15-16-17/h5-6,10-11,17H,2-4,7-9,12-16H2,1H3/b6-5-,11-10-. The van der Waals surface area contributed by atoms with Gasteiger partial charge in [-0.2, -0.15) is 0 Å². The molecule has 17 heavy (non-hydrogen) atoms. The summed E-state index contributed by atoms with van der Waals surface area (Å²) in [5, 5.41) is 8.62. The summed E-state index contributed by atoms with van der Waals surface area (Å²) < 4.78 is 0. The SMILES string of the molecule is CCCC/C=C\CCC/C=C\CCCCCO. The Morgan fingerprint density at radius 2 is 1.18 bits per heavy atom. The molecule has 0 fully saturated rings. The Balaban J connectivity index is 3.11. The quantitative estimate of drug-likeness (QED) is 0.374. The molecule has 1 nitrogen and oxygen atoms in total. The maximum Gasteiger partial charge on any atom is 0.0431 e. The molecule has 0 saturated heterocycles. The van der Waals surface area contributed by atoms with E-state index >= 15 is 0 Å². The summed E-state index contributed by atoms with van der Waals surface area (Å²) in [6.07, 6.45) is 21.3. The predicted octanol–water partition coefficient (Wildman–Crippen LogP) is 5.01. The smallest absolute Gasteiger partial charge is 0.0431 e. The third-order valence-corrected chi connectivity index (χ3v) is 2.83. The van der Waals surface area contributed by atoms with Crippen molar-refractivity contribution in [3.63, 3.8) is 0 Å². The van der Waals surface area contributed by atoms with E-state index < -0.39 is 0 Å². The zero-order chi connectivity index (χ0) is 12.6. The van der Waals surface area contributed by atoms with Crippen molar-refractivity contribution in [3.05, 3.63) is 24.3 Å². The van der Waals surface area contributed by atoms with Crippen molar-refractivity contribution in [2.45, 2.75) is 71.1 Å². The second-order valence-corrected chi connectivity index (χ2v) is 4.59. The predicted molar refractivity (Wildman–Crippen MR) is 77.2 cm³/mol. The lowest BCUT2D eigenvalue weighted by molar-refractivity contribution is 0.283. The molecule has 0 aliphatic heterocycles. The van der Waals surface area contributed by atoms with Gasteiger partial charge in [-0.05, 0) is 44.9 Å². The van der Waals surface area contributed by atoms with Gasteiger partial charge in [0.1, 0.15) is 0 Å². The van der Waals surface area contributed by atoms with Crippen molar-refractivity contribution in [2.24, 2.45) is 0 Å². The lowest BCUT2D eigenvalue weighted by Crippen LogP contribution is -1.81. The van der Waals surface area contributed by atoms with E-state index in [2.05, 4.69) is 31.2 Å². The molecule has 0 bridgehead atoms. The van der Waals surface area contributed by atoms with Gasteiger partial charge in [0, 0.05) is 6.61 Å². The third-order valence-electron chi connectivity index (χ3n) is 2.83. The summed E-state index contributed by atoms with van der Waals surface area (Å²) in [5.74, 6) is 0. The Morgan fingerprint density at radius 1 is 0.647 bits per heavy atom. The Kier molecular flexibility index (Phi) is 14.9. The van der Waals surface area contributed by atoms with Gasteiger partial charge < -0.3 is 5.11 Å². The van der Waals surface area contributed by atoms with Crippen LogP contribution in [0.4, 0.5) is 0 Å². The van der Waals surface area contributed by atoms with Gasteiger partial charge in [0.25, 0.3) is 0 Å². The molecule has 0 aliphatic rings. The molecule has 0 aromatic rings. The number of rotatable bonds is 12. The summed E-state index contributed by atoms with van der Waals surface area (Å²) in [6.45, 7) is 2.58. The van der Waals surface area contributed by atoms with Crippen LogP contribution >= 0.6 is 0 Å². The molecule has 0 amide bonds. The molecule has 0 rings (SSSR count). The van der Waals surface area contributed by atoms with Gasteiger partial charge in [0.2, 0.25) is 0 Å². The van der Waals surface area contributed by atoms with Crippen molar-refractivity contribution >= 4 is 0 Å². The fraction of sp³-hybridized carbons (Fsp3) is 0.750. The summed E-state index contributed by atoms with van der Waals surface area (Å²) >= 11 is 0. The first kappa shape index (κ1) is 16.4. The summed E-state index contributed by atoms with van der Waals surface area (Å²) in [5.41, 5.74) is 0. The van der Waals surface area contributed by atoms with Crippen molar-refractivity contribution < 1.29 is 5.11 Å². The Labute approximate surface area is 108 Å². The van der Waals surface area contributed by atoms with Crippen LogP contribution in [0, 0.1) is 0 Å². The van der Waals surface area contributed by atoms with Gasteiger partial charge in [-0.3, -0.25) is 0 Å². The highest BCUT2D eigenvalue weighted by molar-refractivity contribution is 4.85. The Hall–Kier alpha value is -0.560. The minimum atomic E-state index is 0.341. The molecule has 0 aromatic carbocycles. The van der Waals surface area contributed by atoms with Crippen LogP contribution in [0.2, 0.25) is 0 Å². The maximum absolute atomic E-state index is 8.62. The number of allylic oxidation sites excluding steroid dienone is 4. The Morgan fingerprint density at radius 3 is 1.71 bits per heavy atom. The summed E-state index contributed by atoms with van der Waals surface area (Å²) in [6, 6.07) is 0. The summed E-state index contributed by atoms with van der Waals surface area (Å²) in [7, 11) is 0. The van der Waals surface area contributed by atoms with Crippen LogP contribution in [0.1, 0.15) is 71.1 Å². The van der Waals surface area contributed by atoms with E-state index in [0.29, 0.717) is 6.61 Å². The van der Waals surface area contributed by atoms with Crippen LogP contribution in [-0.2, 0) is 0 Å². The van der Waals surface area contributed by atoms with Gasteiger partial charge in [-0.1, -0.05) is 50.5 Å². The number of hydrogen-bond donors (Lipinski definition) is 1. The van der Waals surface area contributed by atoms with Crippen LogP contribution in [0.15, 0.2) is 24.3 Å². The fourth-order valence-electron chi connectivity index (χ4n) is 1.70. The van der Waals surface area contributed by atoms with Gasteiger partial charge in [-0.15, -0.1) is 0 Å². The molecule has 1 heteroatoms. The first-order valence-electron chi connectivity index (χ1n) is 7.32. The lowest BCUT2D eigenvalue weighted by atomic mass is 10.1. The van der Waals surface area contributed by atoms with Crippen LogP contribution in [-0.4, -0.2) is 11.7 Å². The van der Waals surface area contributed by atoms with Gasteiger partial charge >= 0.3 is 0 Å². The average Bonchev–Trinajstić information content (AvgIpc) is 2.35. The molecular formula is C16H30O. The molecule has 0 aromatic heterocycles. The minimum absolute atomic E-state index is 0.341. The van der Waals surface area contributed by atoms with Crippen LogP contribution in [0.5, 0.6) is 0 Å². The molecule has 0 saturated carbocycles. The van der Waals surface area contributed by atoms with Crippen molar-refractivity contribution in [2.75, 3.05) is 6.61 Å². The number of hydrogen-bond acceptors (Lipinski definition) is 1. The van der Waals surface area contributed by atoms with E-state index in [1.165, 1.54) is 51.4 Å². The first-order valence-corrected chi connectivity index (χ1v) is 7.32. The molecule has 0 atom stereocenters. The molecule has 0 spiro atoms. The molecule has 100 valence electrons. The zero-order valence-electron chi connectivity index (χ0n) is 11.5. The molecular weight excluding hydrogens is 208 g/mol. The van der Waals surface area contributed by atoms with Crippen LogP contribution in [0.25, 0.3) is 0 Å². The maximum atomic E-state index is 8.62. The fourth-order valence-corrected chi connectivity index (χ4v) is 1.70. The van der Waals surface area contributed by atoms with Gasteiger partial charge in [0.05, 0.1) is 0 Å². The summed E-state index contributed by atoms with van der Waals surface area (Å²) in [4.78, 5) is 0. The second kappa shape index (κ2) is 15.4. The van der Waals surface area contributed by atoms with Crippen molar-refractivity contribution in [3.8, 4) is 0 Å². The molecule has 0 radical (unpaired) electrons. The second-order valence-electron chi connectivity index (χ2n) is 4.59. The van der Waals surface area contributed by atoms with E-state index in [1.807, 2.05) is 0 Å². The lowest BCUT2D eigenvalue weighted by Gasteiger charge is -1.94. The van der Waals surface area contributed by atoms with Crippen molar-refractivity contribution in [1.29, 1.82) is 0 Å². The van der Waals surface area contributed by atoms with Crippen molar-refractivity contribution in [1.82, 2.24) is 0 Å². The van der Waals surface area contributed by atoms with Gasteiger partial charge in [0.15, 0.2) is 0 Å². The van der Waals surface area contributed by atoms with E-state index in [0.717, 1.165) is 12.8 Å². The molecule has 1 N–H and O–H groups in total. The van der Waals surface area contributed by atoms with E-state index in [1.54, 1.807) is 0 Å². The topological polar surface area (TPSA) is 20.2 Å². The first-order chi connectivity index (χ1) is 8.41. The molecule has 0 heterocycles. The van der Waals surface area contributed by atoms with E-state index in [9.17, 15) is 0 Å². The highest BCUT2D eigenvalue weighted by atomic mass is 16.2. The minimum Gasteiger partial charge on any atom is -0.396 e. The normalized spacial score (nSPS) is 11.9. The largest absolute Gasteiger partial charge is 0.396 e. The van der Waals surface area contributed by atoms with Crippen LogP contribution < -0.4 is 0 Å². The number of unbranched alkanes of at least 4 members (excludes halogenated alkanes) is 7. The number of aliphatic hydroxyl groups excluding tert-OH is 1. The molecule has 0 unspecified atom stereocenters. The van der Waals surface area contributed by atoms with E-state index in [4.69, 9.17) is 5.11 Å².